The van der Waals surface area contributed by atoms with Crippen LogP contribution in [0.25, 0.3) is 0 Å². The molecular formula is C7H14N2. The van der Waals surface area contributed by atoms with Crippen LogP contribution in [0.4, 0.5) is 0 Å². The Kier molecular flexibility index (Phi) is 1.08. The van der Waals surface area contributed by atoms with Crippen LogP contribution in [0.3, 0.4) is 0 Å². The Morgan fingerprint density at radius 3 is 2.56 bits per heavy atom. The van der Waals surface area contributed by atoms with Gasteiger partial charge in [0.25, 0.3) is 0 Å². The molecule has 1 aliphatic carbocycles. The maximum Gasteiger partial charge on any atom is 0.0223 e. The van der Waals surface area contributed by atoms with Crippen LogP contribution < -0.4 is 11.1 Å². The van der Waals surface area contributed by atoms with Crippen molar-refractivity contribution in [2.45, 2.75) is 25.3 Å². The molecule has 1 unspecified atom stereocenters. The van der Waals surface area contributed by atoms with Crippen LogP contribution in [0.15, 0.2) is 0 Å². The summed E-state index contributed by atoms with van der Waals surface area (Å²) in [6.45, 7) is 2.23. The number of rotatable bonds is 0. The SMILES string of the molecule is NC1CNCCC12CC2. The van der Waals surface area contributed by atoms with Crippen molar-refractivity contribution in [2.24, 2.45) is 11.1 Å². The fraction of sp³-hybridized carbons (Fsp3) is 1.00. The highest BCUT2D eigenvalue weighted by Gasteiger charge is 2.48. The van der Waals surface area contributed by atoms with Gasteiger partial charge >= 0.3 is 0 Å². The molecule has 0 aromatic rings. The lowest BCUT2D eigenvalue weighted by Gasteiger charge is -2.28. The zero-order valence-electron chi connectivity index (χ0n) is 5.69. The second-order valence-corrected chi connectivity index (χ2v) is 3.42. The first-order chi connectivity index (χ1) is 4.33. The van der Waals surface area contributed by atoms with Gasteiger partial charge in [-0.3, -0.25) is 0 Å². The van der Waals surface area contributed by atoms with E-state index in [2.05, 4.69) is 5.32 Å². The van der Waals surface area contributed by atoms with Crippen molar-refractivity contribution in [1.29, 1.82) is 0 Å². The van der Waals surface area contributed by atoms with Crippen molar-refractivity contribution in [3.05, 3.63) is 0 Å². The van der Waals surface area contributed by atoms with E-state index in [-0.39, 0.29) is 0 Å². The monoisotopic (exact) mass is 126 g/mol. The molecule has 52 valence electrons. The van der Waals surface area contributed by atoms with Gasteiger partial charge in [-0.15, -0.1) is 0 Å². The summed E-state index contributed by atoms with van der Waals surface area (Å²) in [5.41, 5.74) is 6.51. The maximum atomic E-state index is 5.91. The van der Waals surface area contributed by atoms with Gasteiger partial charge in [-0.1, -0.05) is 0 Å². The molecule has 3 N–H and O–H groups in total. The summed E-state index contributed by atoms with van der Waals surface area (Å²) in [5.74, 6) is 0. The Labute approximate surface area is 55.8 Å². The molecule has 0 aromatic carbocycles. The third-order valence-corrected chi connectivity index (χ3v) is 2.84. The minimum absolute atomic E-state index is 0.450. The first kappa shape index (κ1) is 5.69. The molecule has 9 heavy (non-hydrogen) atoms. The lowest BCUT2D eigenvalue weighted by Crippen LogP contribution is -2.47. The van der Waals surface area contributed by atoms with Gasteiger partial charge in [0.1, 0.15) is 0 Å². The minimum atomic E-state index is 0.450. The molecule has 2 nitrogen and oxygen atoms in total. The molecule has 1 heterocycles. The molecule has 2 heteroatoms. The Morgan fingerprint density at radius 1 is 1.33 bits per heavy atom. The van der Waals surface area contributed by atoms with Crippen LogP contribution in [0, 0.1) is 5.41 Å². The van der Waals surface area contributed by atoms with Crippen LogP contribution in [0.2, 0.25) is 0 Å². The zero-order chi connectivity index (χ0) is 6.32. The highest BCUT2D eigenvalue weighted by atomic mass is 15.0. The predicted molar refractivity (Wildman–Crippen MR) is 37.1 cm³/mol. The van der Waals surface area contributed by atoms with Gasteiger partial charge in [0, 0.05) is 12.6 Å². The van der Waals surface area contributed by atoms with Crippen LogP contribution in [0.1, 0.15) is 19.3 Å². The van der Waals surface area contributed by atoms with E-state index >= 15 is 0 Å². The summed E-state index contributed by atoms with van der Waals surface area (Å²) < 4.78 is 0. The van der Waals surface area contributed by atoms with Crippen molar-refractivity contribution < 1.29 is 0 Å². The van der Waals surface area contributed by atoms with E-state index in [1.165, 1.54) is 25.8 Å². The zero-order valence-corrected chi connectivity index (χ0v) is 5.69. The van der Waals surface area contributed by atoms with Crippen LogP contribution in [-0.2, 0) is 0 Å². The Balaban J connectivity index is 2.03. The van der Waals surface area contributed by atoms with Crippen LogP contribution in [-0.4, -0.2) is 19.1 Å². The third-order valence-electron chi connectivity index (χ3n) is 2.84. The molecule has 0 radical (unpaired) electrons. The Bertz CT molecular complexity index is 118. The van der Waals surface area contributed by atoms with Crippen molar-refractivity contribution >= 4 is 0 Å². The van der Waals surface area contributed by atoms with E-state index in [9.17, 15) is 0 Å². The van der Waals surface area contributed by atoms with Crippen molar-refractivity contribution in [1.82, 2.24) is 5.32 Å². The minimum Gasteiger partial charge on any atom is -0.326 e. The second-order valence-electron chi connectivity index (χ2n) is 3.42. The van der Waals surface area contributed by atoms with E-state index in [1.54, 1.807) is 0 Å². The summed E-state index contributed by atoms with van der Waals surface area (Å²) >= 11 is 0. The van der Waals surface area contributed by atoms with Crippen molar-refractivity contribution in [2.75, 3.05) is 13.1 Å². The molecule has 1 saturated carbocycles. The maximum absolute atomic E-state index is 5.91. The van der Waals surface area contributed by atoms with E-state index in [4.69, 9.17) is 5.73 Å². The largest absolute Gasteiger partial charge is 0.326 e. The van der Waals surface area contributed by atoms with Crippen molar-refractivity contribution in [3.63, 3.8) is 0 Å². The molecule has 2 aliphatic rings. The van der Waals surface area contributed by atoms with Crippen LogP contribution in [0.5, 0.6) is 0 Å². The average molecular weight is 126 g/mol. The third kappa shape index (κ3) is 0.775. The lowest BCUT2D eigenvalue weighted by molar-refractivity contribution is 0.302. The molecule has 0 bridgehead atoms. The molecule has 2 rings (SSSR count). The molecule has 0 amide bonds. The normalized spacial score (nSPS) is 39.0. The predicted octanol–water partition coefficient (Wildman–Crippen LogP) is 0.0872. The van der Waals surface area contributed by atoms with E-state index in [0.717, 1.165) is 6.54 Å². The first-order valence-corrected chi connectivity index (χ1v) is 3.80. The number of nitrogens with two attached hydrogens (primary N) is 1. The second kappa shape index (κ2) is 1.70. The molecule has 1 spiro atoms. The van der Waals surface area contributed by atoms with E-state index in [0.29, 0.717) is 11.5 Å². The smallest absolute Gasteiger partial charge is 0.0223 e. The number of nitrogens with one attached hydrogen (secondary N) is 1. The quantitative estimate of drug-likeness (QED) is 0.482. The van der Waals surface area contributed by atoms with Gasteiger partial charge in [-0.05, 0) is 31.2 Å². The van der Waals surface area contributed by atoms with Gasteiger partial charge in [-0.25, -0.2) is 0 Å². The Morgan fingerprint density at radius 2 is 2.11 bits per heavy atom. The van der Waals surface area contributed by atoms with Gasteiger partial charge < -0.3 is 11.1 Å². The highest BCUT2D eigenvalue weighted by molar-refractivity contribution is 5.04. The number of hydrogen-bond donors (Lipinski definition) is 2. The van der Waals surface area contributed by atoms with E-state index in [1.807, 2.05) is 0 Å². The number of hydrogen-bond acceptors (Lipinski definition) is 2. The van der Waals surface area contributed by atoms with Gasteiger partial charge in [0.15, 0.2) is 0 Å². The molecule has 1 atom stereocenters. The van der Waals surface area contributed by atoms with E-state index < -0.39 is 0 Å². The molecule has 0 aromatic heterocycles. The standard InChI is InChI=1S/C7H14N2/c8-6-5-9-4-3-7(6)1-2-7/h6,9H,1-5,8H2. The van der Waals surface area contributed by atoms with Crippen molar-refractivity contribution in [3.8, 4) is 0 Å². The van der Waals surface area contributed by atoms with Gasteiger partial charge in [0.2, 0.25) is 0 Å². The molecule has 1 saturated heterocycles. The Hall–Kier alpha value is -0.0800. The topological polar surface area (TPSA) is 38.0 Å². The summed E-state index contributed by atoms with van der Waals surface area (Å²) in [6, 6.07) is 0.450. The van der Waals surface area contributed by atoms with Gasteiger partial charge in [0.05, 0.1) is 0 Å². The fourth-order valence-electron chi connectivity index (χ4n) is 1.78. The van der Waals surface area contributed by atoms with Gasteiger partial charge in [-0.2, -0.15) is 0 Å². The lowest BCUT2D eigenvalue weighted by atomic mass is 9.90. The molecular weight excluding hydrogens is 112 g/mol. The van der Waals surface area contributed by atoms with Crippen LogP contribution >= 0.6 is 0 Å². The highest BCUT2D eigenvalue weighted by Crippen LogP contribution is 2.51. The average Bonchev–Trinajstić information content (AvgIpc) is 2.60. The fourth-order valence-corrected chi connectivity index (χ4v) is 1.78. The molecule has 1 aliphatic heterocycles. The summed E-state index contributed by atoms with van der Waals surface area (Å²) in [6.07, 6.45) is 4.08. The summed E-state index contributed by atoms with van der Waals surface area (Å²) in [4.78, 5) is 0. The molecule has 2 fully saturated rings. The summed E-state index contributed by atoms with van der Waals surface area (Å²) in [5, 5.41) is 3.31. The summed E-state index contributed by atoms with van der Waals surface area (Å²) in [7, 11) is 0. The first-order valence-electron chi connectivity index (χ1n) is 3.80. The number of piperidine rings is 1.